The molecular formula is C23H20N2O. The van der Waals surface area contributed by atoms with Gasteiger partial charge in [0.25, 0.3) is 5.91 Å². The lowest BCUT2D eigenvalue weighted by Gasteiger charge is -2.31. The van der Waals surface area contributed by atoms with Crippen molar-refractivity contribution in [3.63, 3.8) is 0 Å². The van der Waals surface area contributed by atoms with Crippen LogP contribution in [0.1, 0.15) is 22.3 Å². The molecule has 26 heavy (non-hydrogen) atoms. The van der Waals surface area contributed by atoms with E-state index in [9.17, 15) is 4.79 Å². The fourth-order valence-corrected chi connectivity index (χ4v) is 4.07. The van der Waals surface area contributed by atoms with Crippen molar-refractivity contribution in [1.82, 2.24) is 4.90 Å². The Morgan fingerprint density at radius 1 is 0.885 bits per heavy atom. The van der Waals surface area contributed by atoms with Crippen molar-refractivity contribution in [2.75, 3.05) is 24.7 Å². The molecule has 0 aromatic heterocycles. The highest BCUT2D eigenvalue weighted by Gasteiger charge is 2.30. The highest BCUT2D eigenvalue weighted by atomic mass is 16.2. The van der Waals surface area contributed by atoms with E-state index in [0.717, 1.165) is 41.5 Å². The quantitative estimate of drug-likeness (QED) is 0.698. The number of amides is 1. The van der Waals surface area contributed by atoms with Gasteiger partial charge in [0.2, 0.25) is 0 Å². The van der Waals surface area contributed by atoms with Crippen molar-refractivity contribution in [2.45, 2.75) is 6.42 Å². The third-order valence-corrected chi connectivity index (χ3v) is 5.43. The molecule has 3 heteroatoms. The standard InChI is InChI=1S/C23H20N2O/c26-23-20-10-4-8-19-9-5-11-21(22(19)20)25(23)16-24-14-12-18(13-15-24)17-6-2-1-3-7-17/h1-12H,13-16H2. The van der Waals surface area contributed by atoms with Crippen molar-refractivity contribution in [1.29, 1.82) is 0 Å². The number of hydrogen-bond donors (Lipinski definition) is 0. The van der Waals surface area contributed by atoms with E-state index in [2.05, 4.69) is 59.5 Å². The second-order valence-electron chi connectivity index (χ2n) is 6.98. The van der Waals surface area contributed by atoms with Gasteiger partial charge in [0, 0.05) is 24.0 Å². The minimum absolute atomic E-state index is 0.120. The van der Waals surface area contributed by atoms with Gasteiger partial charge in [-0.05, 0) is 35.1 Å². The first-order valence-electron chi connectivity index (χ1n) is 9.12. The first kappa shape index (κ1) is 15.4. The molecule has 3 aromatic rings. The Kier molecular flexibility index (Phi) is 3.61. The summed E-state index contributed by atoms with van der Waals surface area (Å²) >= 11 is 0. The lowest BCUT2D eigenvalue weighted by atomic mass is 10.00. The Morgan fingerprint density at radius 2 is 1.69 bits per heavy atom. The van der Waals surface area contributed by atoms with Crippen molar-refractivity contribution in [3.05, 3.63) is 83.9 Å². The second-order valence-corrected chi connectivity index (χ2v) is 6.98. The van der Waals surface area contributed by atoms with Gasteiger partial charge in [0.1, 0.15) is 0 Å². The monoisotopic (exact) mass is 340 g/mol. The topological polar surface area (TPSA) is 23.6 Å². The van der Waals surface area contributed by atoms with Crippen LogP contribution in [0.25, 0.3) is 16.3 Å². The van der Waals surface area contributed by atoms with Gasteiger partial charge in [-0.3, -0.25) is 14.6 Å². The van der Waals surface area contributed by atoms with Gasteiger partial charge in [0.05, 0.1) is 12.4 Å². The molecule has 5 rings (SSSR count). The number of rotatable bonds is 3. The van der Waals surface area contributed by atoms with Crippen LogP contribution in [-0.2, 0) is 0 Å². The maximum absolute atomic E-state index is 12.9. The highest BCUT2D eigenvalue weighted by molar-refractivity contribution is 6.24. The molecular weight excluding hydrogens is 320 g/mol. The Labute approximate surface area is 153 Å². The number of nitrogens with zero attached hydrogens (tertiary/aromatic N) is 2. The van der Waals surface area contributed by atoms with Crippen LogP contribution in [0.5, 0.6) is 0 Å². The summed E-state index contributed by atoms with van der Waals surface area (Å²) in [5, 5.41) is 2.23. The molecule has 2 heterocycles. The molecule has 0 saturated heterocycles. The molecule has 3 aromatic carbocycles. The molecule has 0 radical (unpaired) electrons. The highest BCUT2D eigenvalue weighted by Crippen LogP contribution is 2.37. The van der Waals surface area contributed by atoms with Crippen LogP contribution >= 0.6 is 0 Å². The molecule has 2 aliphatic heterocycles. The molecule has 0 spiro atoms. The Morgan fingerprint density at radius 3 is 2.46 bits per heavy atom. The van der Waals surface area contributed by atoms with Gasteiger partial charge < -0.3 is 0 Å². The minimum Gasteiger partial charge on any atom is -0.294 e. The average Bonchev–Trinajstić information content (AvgIpc) is 2.97. The number of hydrogen-bond acceptors (Lipinski definition) is 2. The van der Waals surface area contributed by atoms with Crippen molar-refractivity contribution in [3.8, 4) is 0 Å². The summed E-state index contributed by atoms with van der Waals surface area (Å²) in [6, 6.07) is 22.7. The predicted molar refractivity (Wildman–Crippen MR) is 106 cm³/mol. The summed E-state index contributed by atoms with van der Waals surface area (Å²) in [5.74, 6) is 0.120. The van der Waals surface area contributed by atoms with E-state index >= 15 is 0 Å². The van der Waals surface area contributed by atoms with Crippen LogP contribution in [0.2, 0.25) is 0 Å². The molecule has 0 atom stereocenters. The van der Waals surface area contributed by atoms with Crippen LogP contribution < -0.4 is 4.90 Å². The maximum Gasteiger partial charge on any atom is 0.260 e. The molecule has 1 amide bonds. The summed E-state index contributed by atoms with van der Waals surface area (Å²) in [5.41, 5.74) is 4.58. The number of benzene rings is 3. The van der Waals surface area contributed by atoms with Gasteiger partial charge >= 0.3 is 0 Å². The molecule has 0 fully saturated rings. The van der Waals surface area contributed by atoms with Crippen molar-refractivity contribution >= 4 is 27.9 Å². The number of carbonyl (C=O) groups is 1. The van der Waals surface area contributed by atoms with Gasteiger partial charge in [-0.1, -0.05) is 60.7 Å². The van der Waals surface area contributed by atoms with E-state index < -0.39 is 0 Å². The van der Waals surface area contributed by atoms with Crippen LogP contribution in [0.15, 0.2) is 72.8 Å². The predicted octanol–water partition coefficient (Wildman–Crippen LogP) is 4.55. The van der Waals surface area contributed by atoms with Gasteiger partial charge in [-0.15, -0.1) is 0 Å². The van der Waals surface area contributed by atoms with Crippen LogP contribution in [0.3, 0.4) is 0 Å². The summed E-state index contributed by atoms with van der Waals surface area (Å²) in [4.78, 5) is 17.2. The van der Waals surface area contributed by atoms with Crippen LogP contribution in [0, 0.1) is 0 Å². The summed E-state index contributed by atoms with van der Waals surface area (Å²) in [6.45, 7) is 2.49. The zero-order valence-electron chi connectivity index (χ0n) is 14.6. The van der Waals surface area contributed by atoms with E-state index in [0.29, 0.717) is 6.67 Å². The van der Waals surface area contributed by atoms with E-state index in [1.807, 2.05) is 23.1 Å². The number of anilines is 1. The molecule has 0 bridgehead atoms. The number of carbonyl (C=O) groups excluding carboxylic acids is 1. The van der Waals surface area contributed by atoms with E-state index in [4.69, 9.17) is 0 Å². The summed E-state index contributed by atoms with van der Waals surface area (Å²) in [7, 11) is 0. The fourth-order valence-electron chi connectivity index (χ4n) is 4.07. The molecule has 0 saturated carbocycles. The average molecular weight is 340 g/mol. The largest absolute Gasteiger partial charge is 0.294 e. The summed E-state index contributed by atoms with van der Waals surface area (Å²) in [6.07, 6.45) is 3.32. The Bertz CT molecular complexity index is 1020. The van der Waals surface area contributed by atoms with E-state index in [1.165, 1.54) is 11.1 Å². The van der Waals surface area contributed by atoms with E-state index in [-0.39, 0.29) is 5.91 Å². The third-order valence-electron chi connectivity index (χ3n) is 5.43. The van der Waals surface area contributed by atoms with Gasteiger partial charge in [-0.2, -0.15) is 0 Å². The lowest BCUT2D eigenvalue weighted by Crippen LogP contribution is -2.41. The fraction of sp³-hybridized carbons (Fsp3) is 0.174. The SMILES string of the molecule is O=C1c2cccc3cccc(c23)N1CN1CC=C(c2ccccc2)CC1. The molecule has 3 nitrogen and oxygen atoms in total. The molecule has 128 valence electrons. The smallest absolute Gasteiger partial charge is 0.260 e. The lowest BCUT2D eigenvalue weighted by molar-refractivity contribution is 0.0976. The second kappa shape index (κ2) is 6.11. The van der Waals surface area contributed by atoms with Gasteiger partial charge in [0.15, 0.2) is 0 Å². The van der Waals surface area contributed by atoms with Crippen molar-refractivity contribution in [2.24, 2.45) is 0 Å². The molecule has 2 aliphatic rings. The van der Waals surface area contributed by atoms with E-state index in [1.54, 1.807) is 0 Å². The first-order chi connectivity index (χ1) is 12.8. The Hall–Kier alpha value is -2.91. The maximum atomic E-state index is 12.9. The molecule has 0 aliphatic carbocycles. The molecule has 0 unspecified atom stereocenters. The van der Waals surface area contributed by atoms with Crippen LogP contribution in [-0.4, -0.2) is 30.6 Å². The normalized spacial score (nSPS) is 17.0. The Balaban J connectivity index is 1.38. The first-order valence-corrected chi connectivity index (χ1v) is 9.12. The van der Waals surface area contributed by atoms with Crippen LogP contribution in [0.4, 0.5) is 5.69 Å². The third kappa shape index (κ3) is 2.44. The summed E-state index contributed by atoms with van der Waals surface area (Å²) < 4.78 is 0. The molecule has 0 N–H and O–H groups in total. The zero-order chi connectivity index (χ0) is 17.5. The van der Waals surface area contributed by atoms with Gasteiger partial charge in [-0.25, -0.2) is 0 Å². The van der Waals surface area contributed by atoms with Crippen molar-refractivity contribution < 1.29 is 4.79 Å². The minimum atomic E-state index is 0.120. The zero-order valence-corrected chi connectivity index (χ0v) is 14.6.